The SMILES string of the molecule is COc1cc2nn(C3CCC(CN(C)C(C)=O)CC3)cc2cc1C(=O)Nc1cnc2cccnn12. The van der Waals surface area contributed by atoms with E-state index >= 15 is 0 Å². The predicted molar refractivity (Wildman–Crippen MR) is 132 cm³/mol. The first-order chi connectivity index (χ1) is 16.9. The molecule has 0 radical (unpaired) electrons. The highest BCUT2D eigenvalue weighted by Gasteiger charge is 2.25. The molecular formula is C25H29N7O3. The number of benzene rings is 1. The van der Waals surface area contributed by atoms with Crippen molar-refractivity contribution >= 4 is 34.2 Å². The second-order valence-electron chi connectivity index (χ2n) is 9.19. The van der Waals surface area contributed by atoms with Gasteiger partial charge in [0, 0.05) is 44.4 Å². The van der Waals surface area contributed by atoms with Crippen molar-refractivity contribution in [2.24, 2.45) is 5.92 Å². The monoisotopic (exact) mass is 475 g/mol. The highest BCUT2D eigenvalue weighted by molar-refractivity contribution is 6.08. The van der Waals surface area contributed by atoms with Gasteiger partial charge in [0.2, 0.25) is 5.91 Å². The Bertz CT molecular complexity index is 1380. The number of nitrogens with one attached hydrogen (secondary N) is 1. The minimum atomic E-state index is -0.306. The Morgan fingerprint density at radius 2 is 2.03 bits per heavy atom. The maximum Gasteiger partial charge on any atom is 0.260 e. The molecule has 5 rings (SSSR count). The second-order valence-corrected chi connectivity index (χ2v) is 9.19. The van der Waals surface area contributed by atoms with E-state index in [1.165, 1.54) is 0 Å². The molecule has 1 N–H and O–H groups in total. The molecule has 35 heavy (non-hydrogen) atoms. The van der Waals surface area contributed by atoms with Crippen molar-refractivity contribution < 1.29 is 14.3 Å². The van der Waals surface area contributed by atoms with Gasteiger partial charge in [0.1, 0.15) is 5.75 Å². The van der Waals surface area contributed by atoms with Crippen LogP contribution in [-0.2, 0) is 4.79 Å². The van der Waals surface area contributed by atoms with E-state index in [4.69, 9.17) is 9.84 Å². The standard InChI is InChI=1S/C25H29N7O3/c1-16(33)30(2)14-17-6-8-19(9-7-17)31-15-18-11-20(22(35-3)12-21(18)29-31)25(34)28-24-13-26-23-5-4-10-27-32(23)24/h4-5,10-13,15,17,19H,6-9,14H2,1-3H3,(H,28,34). The fourth-order valence-corrected chi connectivity index (χ4v) is 4.81. The Morgan fingerprint density at radius 1 is 1.23 bits per heavy atom. The number of nitrogens with zero attached hydrogens (tertiary/aromatic N) is 6. The summed E-state index contributed by atoms with van der Waals surface area (Å²) in [5, 5.41) is 12.8. The van der Waals surface area contributed by atoms with E-state index in [-0.39, 0.29) is 11.8 Å². The molecule has 1 fully saturated rings. The van der Waals surface area contributed by atoms with E-state index < -0.39 is 0 Å². The number of ether oxygens (including phenoxy) is 1. The topological polar surface area (TPSA) is 107 Å². The summed E-state index contributed by atoms with van der Waals surface area (Å²) in [7, 11) is 3.41. The number of hydrogen-bond acceptors (Lipinski definition) is 6. The molecule has 0 saturated heterocycles. The van der Waals surface area contributed by atoms with E-state index in [0.717, 1.165) is 43.1 Å². The average molecular weight is 476 g/mol. The first kappa shape index (κ1) is 22.8. The largest absolute Gasteiger partial charge is 0.496 e. The van der Waals surface area contributed by atoms with E-state index in [1.807, 2.05) is 30.1 Å². The van der Waals surface area contributed by atoms with Crippen molar-refractivity contribution in [2.75, 3.05) is 26.0 Å². The van der Waals surface area contributed by atoms with Gasteiger partial charge in [0.05, 0.1) is 30.4 Å². The Kier molecular flexibility index (Phi) is 6.10. The third-order valence-corrected chi connectivity index (χ3v) is 6.87. The molecule has 0 spiro atoms. The lowest BCUT2D eigenvalue weighted by Gasteiger charge is -2.31. The van der Waals surface area contributed by atoms with Crippen LogP contribution in [0.25, 0.3) is 16.6 Å². The second kappa shape index (κ2) is 9.36. The number of anilines is 1. The van der Waals surface area contributed by atoms with Crippen molar-refractivity contribution in [3.63, 3.8) is 0 Å². The zero-order chi connectivity index (χ0) is 24.5. The molecule has 1 aromatic carbocycles. The van der Waals surface area contributed by atoms with Gasteiger partial charge in [-0.05, 0) is 49.8 Å². The van der Waals surface area contributed by atoms with Crippen LogP contribution < -0.4 is 10.1 Å². The van der Waals surface area contributed by atoms with Crippen LogP contribution in [0.5, 0.6) is 5.75 Å². The third kappa shape index (κ3) is 4.55. The number of imidazole rings is 1. The van der Waals surface area contributed by atoms with E-state index in [0.29, 0.717) is 34.7 Å². The fourth-order valence-electron chi connectivity index (χ4n) is 4.81. The molecule has 0 atom stereocenters. The lowest BCUT2D eigenvalue weighted by molar-refractivity contribution is -0.128. The molecule has 0 aliphatic heterocycles. The van der Waals surface area contributed by atoms with Crippen LogP contribution in [0.15, 0.2) is 42.9 Å². The molecule has 0 unspecified atom stereocenters. The summed E-state index contributed by atoms with van der Waals surface area (Å²) in [6, 6.07) is 7.53. The van der Waals surface area contributed by atoms with Gasteiger partial charge in [0.25, 0.3) is 5.91 Å². The Morgan fingerprint density at radius 3 is 2.77 bits per heavy atom. The minimum Gasteiger partial charge on any atom is -0.496 e. The van der Waals surface area contributed by atoms with Crippen LogP contribution in [0.4, 0.5) is 5.82 Å². The van der Waals surface area contributed by atoms with Gasteiger partial charge < -0.3 is 15.0 Å². The van der Waals surface area contributed by atoms with Crippen LogP contribution in [0.3, 0.4) is 0 Å². The number of methoxy groups -OCH3 is 1. The van der Waals surface area contributed by atoms with Gasteiger partial charge in [-0.25, -0.2) is 4.98 Å². The number of carbonyl (C=O) groups is 2. The highest BCUT2D eigenvalue weighted by atomic mass is 16.5. The van der Waals surface area contributed by atoms with Crippen LogP contribution in [0, 0.1) is 5.92 Å². The van der Waals surface area contributed by atoms with Gasteiger partial charge in [-0.2, -0.15) is 14.7 Å². The number of carbonyl (C=O) groups excluding carboxylic acids is 2. The predicted octanol–water partition coefficient (Wildman–Crippen LogP) is 3.55. The first-order valence-electron chi connectivity index (χ1n) is 11.8. The highest BCUT2D eigenvalue weighted by Crippen LogP contribution is 2.34. The van der Waals surface area contributed by atoms with Gasteiger partial charge in [-0.15, -0.1) is 0 Å². The Balaban J connectivity index is 1.34. The lowest BCUT2D eigenvalue weighted by atomic mass is 9.86. The minimum absolute atomic E-state index is 0.108. The summed E-state index contributed by atoms with van der Waals surface area (Å²) in [6.07, 6.45) is 9.36. The maximum absolute atomic E-state index is 13.1. The smallest absolute Gasteiger partial charge is 0.260 e. The number of aromatic nitrogens is 5. The Labute approximate surface area is 202 Å². The number of fused-ring (bicyclic) bond motifs is 2. The molecule has 1 saturated carbocycles. The first-order valence-corrected chi connectivity index (χ1v) is 11.8. The van der Waals surface area contributed by atoms with Gasteiger partial charge in [-0.3, -0.25) is 14.3 Å². The zero-order valence-electron chi connectivity index (χ0n) is 20.1. The van der Waals surface area contributed by atoms with Gasteiger partial charge in [-0.1, -0.05) is 0 Å². The van der Waals surface area contributed by atoms with Crippen molar-refractivity contribution in [3.05, 3.63) is 48.4 Å². The van der Waals surface area contributed by atoms with Crippen molar-refractivity contribution in [1.82, 2.24) is 29.3 Å². The summed E-state index contributed by atoms with van der Waals surface area (Å²) >= 11 is 0. The summed E-state index contributed by atoms with van der Waals surface area (Å²) in [5.41, 5.74) is 1.85. The summed E-state index contributed by atoms with van der Waals surface area (Å²) in [6.45, 7) is 2.42. The van der Waals surface area contributed by atoms with Crippen molar-refractivity contribution in [2.45, 2.75) is 38.6 Å². The molecule has 0 bridgehead atoms. The average Bonchev–Trinajstić information content (AvgIpc) is 3.47. The molecule has 182 valence electrons. The maximum atomic E-state index is 13.1. The molecule has 1 aliphatic rings. The molecule has 10 heteroatoms. The quantitative estimate of drug-likeness (QED) is 0.457. The molecule has 1 aliphatic carbocycles. The van der Waals surface area contributed by atoms with E-state index in [9.17, 15) is 9.59 Å². The van der Waals surface area contributed by atoms with E-state index in [1.54, 1.807) is 48.0 Å². The number of rotatable bonds is 6. The molecule has 2 amide bonds. The van der Waals surface area contributed by atoms with Crippen LogP contribution >= 0.6 is 0 Å². The van der Waals surface area contributed by atoms with Gasteiger partial charge >= 0.3 is 0 Å². The summed E-state index contributed by atoms with van der Waals surface area (Å²) < 4.78 is 9.12. The van der Waals surface area contributed by atoms with Crippen LogP contribution in [0.2, 0.25) is 0 Å². The molecule has 3 heterocycles. The molecule has 3 aromatic heterocycles. The lowest BCUT2D eigenvalue weighted by Crippen LogP contribution is -2.32. The fraction of sp³-hybridized carbons (Fsp3) is 0.400. The Hall–Kier alpha value is -3.95. The number of amides is 2. The van der Waals surface area contributed by atoms with Crippen LogP contribution in [0.1, 0.15) is 49.0 Å². The van der Waals surface area contributed by atoms with Gasteiger partial charge in [0.15, 0.2) is 11.5 Å². The third-order valence-electron chi connectivity index (χ3n) is 6.87. The molecule has 4 aromatic rings. The molecule has 10 nitrogen and oxygen atoms in total. The van der Waals surface area contributed by atoms with Crippen LogP contribution in [-0.4, -0.2) is 61.8 Å². The summed E-state index contributed by atoms with van der Waals surface area (Å²) in [4.78, 5) is 30.8. The van der Waals surface area contributed by atoms with Crippen molar-refractivity contribution in [3.8, 4) is 5.75 Å². The normalized spacial score (nSPS) is 18.0. The van der Waals surface area contributed by atoms with Crippen molar-refractivity contribution in [1.29, 1.82) is 0 Å². The summed E-state index contributed by atoms with van der Waals surface area (Å²) in [5.74, 6) is 1.26. The van der Waals surface area contributed by atoms with E-state index in [2.05, 4.69) is 15.4 Å². The zero-order valence-corrected chi connectivity index (χ0v) is 20.1. The molecular weight excluding hydrogens is 446 g/mol. The number of hydrogen-bond donors (Lipinski definition) is 1.